The normalized spacial score (nSPS) is 12.1. The lowest BCUT2D eigenvalue weighted by molar-refractivity contribution is 0.436. The Morgan fingerprint density at radius 2 is 0.590 bits per heavy atom. The van der Waals surface area contributed by atoms with Crippen LogP contribution in [0.3, 0.4) is 0 Å². The zero-order valence-corrected chi connectivity index (χ0v) is 53.7. The Morgan fingerprint density at radius 1 is 0.230 bits per heavy atom. The predicted molar refractivity (Wildman–Crippen MR) is 397 cm³/mol. The molecule has 3 heterocycles. The van der Waals surface area contributed by atoms with Gasteiger partial charge in [0.2, 0.25) is 0 Å². The fraction of sp³-hybridized carbons (Fsp3) is 0.0110. The molecule has 16 aromatic rings. The van der Waals surface area contributed by atoms with E-state index in [2.05, 4.69) is 212 Å². The highest BCUT2D eigenvalue weighted by molar-refractivity contribution is 6.05. The molecule has 9 nitrogen and oxygen atoms in total. The van der Waals surface area contributed by atoms with Crippen LogP contribution in [0.15, 0.2) is 328 Å². The van der Waals surface area contributed by atoms with Crippen molar-refractivity contribution in [3.05, 3.63) is 361 Å². The van der Waals surface area contributed by atoms with E-state index < -0.39 is 5.41 Å². The minimum atomic E-state index is -0.660. The Labute approximate surface area is 577 Å². The molecule has 1 aliphatic heterocycles. The van der Waals surface area contributed by atoms with Crippen LogP contribution < -0.4 is 4.74 Å². The van der Waals surface area contributed by atoms with Gasteiger partial charge >= 0.3 is 0 Å². The molecule has 9 heteroatoms. The van der Waals surface area contributed by atoms with Gasteiger partial charge in [-0.05, 0) is 143 Å². The molecular weight excluding hydrogens is 1220 g/mol. The fourth-order valence-electron chi connectivity index (χ4n) is 14.6. The first kappa shape index (κ1) is 58.7. The molecule has 0 fully saturated rings. The van der Waals surface area contributed by atoms with Crippen LogP contribution in [0.1, 0.15) is 33.4 Å². The topological polar surface area (TPSA) is 134 Å². The quantitative estimate of drug-likeness (QED) is 0.124. The van der Waals surface area contributed by atoms with Crippen LogP contribution in [-0.2, 0) is 5.41 Å². The maximum absolute atomic E-state index is 10.9. The Morgan fingerprint density at radius 3 is 1.17 bits per heavy atom. The number of hydrogen-bond acceptors (Lipinski definition) is 9. The first-order valence-electron chi connectivity index (χ1n) is 33.2. The lowest BCUT2D eigenvalue weighted by Gasteiger charge is -2.39. The number of nitrogens with zero attached hydrogens (tertiary/aromatic N) is 8. The molecule has 0 saturated carbocycles. The molecule has 18 rings (SSSR count). The summed E-state index contributed by atoms with van der Waals surface area (Å²) in [5, 5.41) is 22.6. The summed E-state index contributed by atoms with van der Waals surface area (Å²) >= 11 is 0. The number of benzene rings is 14. The van der Waals surface area contributed by atoms with E-state index >= 15 is 0 Å². The van der Waals surface area contributed by atoms with Gasteiger partial charge in [-0.3, -0.25) is 0 Å². The van der Waals surface area contributed by atoms with Gasteiger partial charge in [0.05, 0.1) is 28.7 Å². The molecule has 1 aliphatic carbocycles. The van der Waals surface area contributed by atoms with E-state index in [0.29, 0.717) is 46.1 Å². The van der Waals surface area contributed by atoms with Gasteiger partial charge in [0.15, 0.2) is 34.9 Å². The second-order valence-electron chi connectivity index (χ2n) is 25.1. The lowest BCUT2D eigenvalue weighted by atomic mass is 9.66. The van der Waals surface area contributed by atoms with E-state index in [9.17, 15) is 10.5 Å². The first-order chi connectivity index (χ1) is 49.4. The van der Waals surface area contributed by atoms with E-state index in [-0.39, 0.29) is 0 Å². The molecule has 2 aromatic heterocycles. The monoisotopic (exact) mass is 1270 g/mol. The minimum Gasteiger partial charge on any atom is -0.457 e. The molecule has 0 saturated heterocycles. The summed E-state index contributed by atoms with van der Waals surface area (Å²) in [6.07, 6.45) is 0. The maximum atomic E-state index is 10.9. The smallest absolute Gasteiger partial charge is 0.164 e. The van der Waals surface area contributed by atoms with Crippen LogP contribution in [0.2, 0.25) is 0 Å². The molecule has 0 bridgehead atoms. The average molecular weight is 1280 g/mol. The molecule has 2 aliphatic rings. The summed E-state index contributed by atoms with van der Waals surface area (Å²) < 4.78 is 6.64. The number of hydrogen-bond donors (Lipinski definition) is 0. The number of para-hydroxylation sites is 2. The van der Waals surface area contributed by atoms with E-state index in [0.717, 1.165) is 134 Å². The van der Waals surface area contributed by atoms with Crippen molar-refractivity contribution < 1.29 is 4.74 Å². The SMILES string of the molecule is N#Cc1ccc(-c2ccc(-c3cccc(-c4nc(-c5ccccc5)nc(-c5ccc(-c6cccc(-c7ccc(-c8cccc(-c9nc(-c%10ccccc%10)nc(-c%10ccc%11c(c%10)C%10(c%12ccccc%12Oc%12ccccc%12%10)c%10ccccc%10-%11)n9)c8)cc7C#N)c6)cc5)n4)c3)c3ccccc23)cc1. The number of nitriles is 2. The molecule has 100 heavy (non-hydrogen) atoms. The second-order valence-corrected chi connectivity index (χ2v) is 25.1. The largest absolute Gasteiger partial charge is 0.457 e. The number of rotatable bonds is 11. The van der Waals surface area contributed by atoms with Crippen molar-refractivity contribution >= 4 is 10.8 Å². The maximum Gasteiger partial charge on any atom is 0.164 e. The van der Waals surface area contributed by atoms with Gasteiger partial charge in [-0.2, -0.15) is 10.5 Å². The van der Waals surface area contributed by atoms with Crippen molar-refractivity contribution in [2.24, 2.45) is 0 Å². The van der Waals surface area contributed by atoms with Crippen molar-refractivity contribution in [1.29, 1.82) is 10.5 Å². The minimum absolute atomic E-state index is 0.527. The van der Waals surface area contributed by atoms with Crippen LogP contribution in [0, 0.1) is 22.7 Å². The third-order valence-electron chi connectivity index (χ3n) is 19.4. The molecule has 0 unspecified atom stereocenters. The van der Waals surface area contributed by atoms with Gasteiger partial charge in [0.25, 0.3) is 0 Å². The molecule has 1 spiro atoms. The second kappa shape index (κ2) is 24.4. The highest BCUT2D eigenvalue weighted by Gasteiger charge is 2.51. The predicted octanol–water partition coefficient (Wildman–Crippen LogP) is 21.8. The zero-order chi connectivity index (χ0) is 66.7. The van der Waals surface area contributed by atoms with E-state index in [1.807, 2.05) is 127 Å². The lowest BCUT2D eigenvalue weighted by Crippen LogP contribution is -2.32. The Hall–Kier alpha value is -13.9. The summed E-state index contributed by atoms with van der Waals surface area (Å²) in [6.45, 7) is 0. The molecular formula is C91H54N8O. The van der Waals surface area contributed by atoms with Gasteiger partial charge in [-0.25, -0.2) is 29.9 Å². The Kier molecular flexibility index (Phi) is 14.3. The highest BCUT2D eigenvalue weighted by atomic mass is 16.5. The third kappa shape index (κ3) is 10.2. The molecule has 0 atom stereocenters. The van der Waals surface area contributed by atoms with Gasteiger partial charge < -0.3 is 4.74 Å². The highest BCUT2D eigenvalue weighted by Crippen LogP contribution is 2.62. The van der Waals surface area contributed by atoms with Crippen molar-refractivity contribution in [3.8, 4) is 159 Å². The summed E-state index contributed by atoms with van der Waals surface area (Å²) in [5.74, 6) is 4.98. The molecule has 14 aromatic carbocycles. The van der Waals surface area contributed by atoms with Crippen molar-refractivity contribution in [2.45, 2.75) is 5.41 Å². The van der Waals surface area contributed by atoms with Gasteiger partial charge in [-0.1, -0.05) is 273 Å². The van der Waals surface area contributed by atoms with Crippen molar-refractivity contribution in [3.63, 3.8) is 0 Å². The van der Waals surface area contributed by atoms with Crippen LogP contribution in [0.5, 0.6) is 11.5 Å². The zero-order valence-electron chi connectivity index (χ0n) is 53.7. The Balaban J connectivity index is 0.650. The van der Waals surface area contributed by atoms with Gasteiger partial charge in [0, 0.05) is 44.5 Å². The number of fused-ring (bicyclic) bond motifs is 10. The van der Waals surface area contributed by atoms with Crippen molar-refractivity contribution in [1.82, 2.24) is 29.9 Å². The third-order valence-corrected chi connectivity index (χ3v) is 19.4. The summed E-state index contributed by atoms with van der Waals surface area (Å²) in [4.78, 5) is 31.1. The Bertz CT molecular complexity index is 5990. The summed E-state index contributed by atoms with van der Waals surface area (Å²) in [6, 6.07) is 117. The van der Waals surface area contributed by atoms with Gasteiger partial charge in [-0.15, -0.1) is 0 Å². The first-order valence-corrected chi connectivity index (χ1v) is 33.2. The van der Waals surface area contributed by atoms with Crippen LogP contribution in [-0.4, -0.2) is 29.9 Å². The van der Waals surface area contributed by atoms with Crippen LogP contribution >= 0.6 is 0 Å². The van der Waals surface area contributed by atoms with E-state index in [1.54, 1.807) is 0 Å². The number of aromatic nitrogens is 6. The molecule has 464 valence electrons. The standard InChI is InChI=1S/C91H54N8O/c92-55-57-36-38-59(39-37-57)73-48-49-74(76-29-8-7-28-75(73)76)67-25-17-27-69(53-67)89-95-85(60-18-3-1-4-19-60)94-87(98-89)62-42-40-58(41-43-62)63-22-15-24-66(50-63)72-46-44-65(52-71(72)56-93)64-23-16-26-68(51-64)88-96-86(61-20-5-2-6-21-61)97-90(99-88)70-45-47-78-77-30-9-10-31-79(77)91(82(78)54-70)80-32-11-13-34-83(80)100-84-35-14-12-33-81(84)91/h1-54H. The van der Waals surface area contributed by atoms with E-state index in [1.165, 1.54) is 11.1 Å². The average Bonchev–Trinajstić information content (AvgIpc) is 1.49. The van der Waals surface area contributed by atoms with Crippen LogP contribution in [0.25, 0.3) is 146 Å². The van der Waals surface area contributed by atoms with Crippen molar-refractivity contribution in [2.75, 3.05) is 0 Å². The summed E-state index contributed by atoms with van der Waals surface area (Å²) in [5.41, 5.74) is 22.3. The van der Waals surface area contributed by atoms with Crippen LogP contribution in [0.4, 0.5) is 0 Å². The fourth-order valence-corrected chi connectivity index (χ4v) is 14.6. The van der Waals surface area contributed by atoms with E-state index in [4.69, 9.17) is 34.6 Å². The molecule has 0 amide bonds. The molecule has 0 radical (unpaired) electrons. The summed E-state index contributed by atoms with van der Waals surface area (Å²) in [7, 11) is 0. The number of ether oxygens (including phenoxy) is 1. The van der Waals surface area contributed by atoms with Gasteiger partial charge in [0.1, 0.15) is 11.5 Å². The molecule has 0 N–H and O–H groups in total.